The van der Waals surface area contributed by atoms with Crippen molar-refractivity contribution in [1.29, 1.82) is 0 Å². The zero-order chi connectivity index (χ0) is 19.9. The van der Waals surface area contributed by atoms with Gasteiger partial charge in [0.2, 0.25) is 0 Å². The fraction of sp³-hybridized carbons (Fsp3) is 0.238. The molecule has 2 aromatic carbocycles. The van der Waals surface area contributed by atoms with Gasteiger partial charge in [0, 0.05) is 23.7 Å². The van der Waals surface area contributed by atoms with E-state index in [0.29, 0.717) is 28.1 Å². The quantitative estimate of drug-likeness (QED) is 0.515. The Bertz CT molecular complexity index is 826. The van der Waals surface area contributed by atoms with Gasteiger partial charge in [-0.1, -0.05) is 44.6 Å². The number of hydrogen-bond acceptors (Lipinski definition) is 2. The van der Waals surface area contributed by atoms with Crippen LogP contribution in [0, 0.1) is 19.0 Å². The fourth-order valence-corrected chi connectivity index (χ4v) is 2.38. The first-order chi connectivity index (χ1) is 12.3. The first-order valence-corrected chi connectivity index (χ1v) is 8.11. The Morgan fingerprint density at radius 3 is 2.19 bits per heavy atom. The average molecular weight is 361 g/mol. The number of nitrogen functional groups attached to an aromatic ring is 1. The van der Waals surface area contributed by atoms with Crippen molar-refractivity contribution in [2.24, 2.45) is 0 Å². The lowest BCUT2D eigenvalue weighted by Gasteiger charge is -2.16. The van der Waals surface area contributed by atoms with E-state index in [-0.39, 0.29) is 0 Å². The molecule has 2 aromatic rings. The van der Waals surface area contributed by atoms with Gasteiger partial charge in [-0.25, -0.2) is 0 Å². The summed E-state index contributed by atoms with van der Waals surface area (Å²) in [5.41, 5.74) is 8.36. The van der Waals surface area contributed by atoms with E-state index in [9.17, 15) is 13.2 Å². The van der Waals surface area contributed by atoms with Crippen LogP contribution >= 0.6 is 0 Å². The van der Waals surface area contributed by atoms with Crippen LogP contribution in [0.5, 0.6) is 5.75 Å². The molecule has 0 aliphatic heterocycles. The normalized spacial score (nSPS) is 10.1. The Balaban J connectivity index is 0.00000163. The predicted octanol–water partition coefficient (Wildman–Crippen LogP) is 6.29. The van der Waals surface area contributed by atoms with Gasteiger partial charge in [-0.3, -0.25) is 0 Å². The SMILES string of the molecule is C=Cc1c(N)cc(-c2ccc(C(F)(F)F)cc2)c(C)c1OC#CC.CC. The van der Waals surface area contributed by atoms with Crippen molar-refractivity contribution >= 4 is 11.8 Å². The summed E-state index contributed by atoms with van der Waals surface area (Å²) >= 11 is 0. The molecule has 0 amide bonds. The van der Waals surface area contributed by atoms with Crippen LogP contribution < -0.4 is 10.5 Å². The van der Waals surface area contributed by atoms with Crippen molar-refractivity contribution in [1.82, 2.24) is 0 Å². The minimum absolute atomic E-state index is 0.415. The van der Waals surface area contributed by atoms with Crippen LogP contribution in [-0.4, -0.2) is 0 Å². The minimum atomic E-state index is -4.37. The molecule has 0 radical (unpaired) electrons. The molecule has 0 saturated heterocycles. The van der Waals surface area contributed by atoms with E-state index in [1.807, 2.05) is 13.8 Å². The molecule has 0 fully saturated rings. The van der Waals surface area contributed by atoms with Crippen molar-refractivity contribution in [3.05, 3.63) is 53.6 Å². The molecule has 0 aromatic heterocycles. The third kappa shape index (κ3) is 4.60. The molecule has 0 heterocycles. The Morgan fingerprint density at radius 1 is 1.15 bits per heavy atom. The standard InChI is InChI=1S/C19H16F3NO.C2H6/c1-4-10-24-18-12(3)16(11-17(23)15(18)5-2)13-6-8-14(9-7-13)19(20,21)22;1-2/h5-9,11H,2,23H2,1,3H3;1-2H3. The van der Waals surface area contributed by atoms with E-state index < -0.39 is 11.7 Å². The van der Waals surface area contributed by atoms with Crippen LogP contribution in [0.25, 0.3) is 17.2 Å². The van der Waals surface area contributed by atoms with Gasteiger partial charge in [0.05, 0.1) is 5.56 Å². The van der Waals surface area contributed by atoms with Crippen LogP contribution in [0.4, 0.5) is 18.9 Å². The van der Waals surface area contributed by atoms with Crippen molar-refractivity contribution < 1.29 is 17.9 Å². The van der Waals surface area contributed by atoms with Crippen LogP contribution in [0.2, 0.25) is 0 Å². The topological polar surface area (TPSA) is 35.2 Å². The summed E-state index contributed by atoms with van der Waals surface area (Å²) in [5.74, 6) is 3.08. The summed E-state index contributed by atoms with van der Waals surface area (Å²) in [7, 11) is 0. The van der Waals surface area contributed by atoms with Crippen molar-refractivity contribution in [3.8, 4) is 28.9 Å². The van der Waals surface area contributed by atoms with Crippen LogP contribution in [-0.2, 0) is 6.18 Å². The summed E-state index contributed by atoms with van der Waals surface area (Å²) in [6.45, 7) is 11.1. The first-order valence-electron chi connectivity index (χ1n) is 8.11. The molecule has 0 aliphatic carbocycles. The highest BCUT2D eigenvalue weighted by Crippen LogP contribution is 2.38. The van der Waals surface area contributed by atoms with E-state index >= 15 is 0 Å². The maximum absolute atomic E-state index is 12.7. The van der Waals surface area contributed by atoms with E-state index in [2.05, 4.69) is 18.6 Å². The molecule has 138 valence electrons. The van der Waals surface area contributed by atoms with E-state index in [0.717, 1.165) is 17.7 Å². The first kappa shape index (κ1) is 21.2. The third-order valence-corrected chi connectivity index (χ3v) is 3.58. The lowest BCUT2D eigenvalue weighted by molar-refractivity contribution is -0.137. The van der Waals surface area contributed by atoms with E-state index in [1.54, 1.807) is 26.0 Å². The lowest BCUT2D eigenvalue weighted by Crippen LogP contribution is -2.04. The Morgan fingerprint density at radius 2 is 1.73 bits per heavy atom. The fourth-order valence-electron chi connectivity index (χ4n) is 2.38. The molecule has 2 nitrogen and oxygen atoms in total. The number of nitrogens with two attached hydrogens (primary N) is 1. The largest absolute Gasteiger partial charge is 0.416 e. The summed E-state index contributed by atoms with van der Waals surface area (Å²) in [5, 5.41) is 0. The number of ether oxygens (including phenoxy) is 1. The Hall–Kier alpha value is -2.87. The van der Waals surface area contributed by atoms with Crippen molar-refractivity contribution in [2.45, 2.75) is 33.9 Å². The van der Waals surface area contributed by atoms with Crippen LogP contribution in [0.1, 0.15) is 37.5 Å². The van der Waals surface area contributed by atoms with Crippen LogP contribution in [0.15, 0.2) is 36.9 Å². The van der Waals surface area contributed by atoms with Gasteiger partial charge >= 0.3 is 6.18 Å². The second kappa shape index (κ2) is 9.00. The van der Waals surface area contributed by atoms with Gasteiger partial charge in [-0.05, 0) is 36.2 Å². The Kier molecular flexibility index (Phi) is 7.33. The highest BCUT2D eigenvalue weighted by molar-refractivity contribution is 5.81. The predicted molar refractivity (Wildman–Crippen MR) is 102 cm³/mol. The number of rotatable bonds is 3. The maximum atomic E-state index is 12.7. The Labute approximate surface area is 152 Å². The molecular weight excluding hydrogens is 339 g/mol. The number of halogens is 3. The van der Waals surface area contributed by atoms with Crippen LogP contribution in [0.3, 0.4) is 0 Å². The molecule has 0 unspecified atom stereocenters. The summed E-state index contributed by atoms with van der Waals surface area (Å²) in [6.07, 6.45) is -0.297. The summed E-state index contributed by atoms with van der Waals surface area (Å²) in [4.78, 5) is 0. The van der Waals surface area contributed by atoms with E-state index in [4.69, 9.17) is 10.5 Å². The number of anilines is 1. The monoisotopic (exact) mass is 361 g/mol. The smallest absolute Gasteiger partial charge is 0.407 e. The highest BCUT2D eigenvalue weighted by Gasteiger charge is 2.30. The van der Waals surface area contributed by atoms with Crippen molar-refractivity contribution in [2.75, 3.05) is 5.73 Å². The van der Waals surface area contributed by atoms with Gasteiger partial charge in [-0.15, -0.1) is 0 Å². The summed E-state index contributed by atoms with van der Waals surface area (Å²) < 4.78 is 43.5. The molecule has 5 heteroatoms. The molecular formula is C21H22F3NO. The molecule has 0 atom stereocenters. The zero-order valence-electron chi connectivity index (χ0n) is 15.3. The molecule has 0 spiro atoms. The van der Waals surface area contributed by atoms with E-state index in [1.165, 1.54) is 12.1 Å². The lowest BCUT2D eigenvalue weighted by atomic mass is 9.95. The number of alkyl halides is 3. The van der Waals surface area contributed by atoms with Gasteiger partial charge in [0.15, 0.2) is 5.75 Å². The van der Waals surface area contributed by atoms with Gasteiger partial charge < -0.3 is 10.5 Å². The average Bonchev–Trinajstić information content (AvgIpc) is 2.63. The zero-order valence-corrected chi connectivity index (χ0v) is 15.3. The summed E-state index contributed by atoms with van der Waals surface area (Å²) in [6, 6.07) is 6.60. The van der Waals surface area contributed by atoms with Crippen molar-refractivity contribution in [3.63, 3.8) is 0 Å². The maximum Gasteiger partial charge on any atom is 0.416 e. The van der Waals surface area contributed by atoms with Gasteiger partial charge in [0.1, 0.15) is 6.11 Å². The van der Waals surface area contributed by atoms with Gasteiger partial charge in [-0.2, -0.15) is 13.2 Å². The molecule has 0 saturated carbocycles. The molecule has 2 rings (SSSR count). The second-order valence-corrected chi connectivity index (χ2v) is 5.11. The van der Waals surface area contributed by atoms with Gasteiger partial charge in [0.25, 0.3) is 0 Å². The minimum Gasteiger partial charge on any atom is -0.407 e. The number of hydrogen-bond donors (Lipinski definition) is 1. The number of benzene rings is 2. The molecule has 0 bridgehead atoms. The highest BCUT2D eigenvalue weighted by atomic mass is 19.4. The second-order valence-electron chi connectivity index (χ2n) is 5.11. The third-order valence-electron chi connectivity index (χ3n) is 3.58. The molecule has 26 heavy (non-hydrogen) atoms. The molecule has 2 N–H and O–H groups in total. The molecule has 0 aliphatic rings.